The topological polar surface area (TPSA) is 95.9 Å². The summed E-state index contributed by atoms with van der Waals surface area (Å²) in [4.78, 5) is 35.2. The van der Waals surface area contributed by atoms with E-state index in [2.05, 4.69) is 5.32 Å². The second-order valence-electron chi connectivity index (χ2n) is 4.19. The molecule has 1 heterocycles. The van der Waals surface area contributed by atoms with Crippen LogP contribution in [-0.2, 0) is 14.3 Å². The number of likely N-dealkylation sites (tertiary alicyclic amines) is 1. The zero-order valence-corrected chi connectivity index (χ0v) is 10.5. The molecular formula is C11H18N2O5. The van der Waals surface area contributed by atoms with Gasteiger partial charge in [-0.05, 0) is 20.3 Å². The predicted molar refractivity (Wildman–Crippen MR) is 61.9 cm³/mol. The summed E-state index contributed by atoms with van der Waals surface area (Å²) in [5.74, 6) is -1.92. The second kappa shape index (κ2) is 6.23. The number of amides is 2. The number of ether oxygens (including phenoxy) is 1. The van der Waals surface area contributed by atoms with E-state index in [0.717, 1.165) is 0 Å². The summed E-state index contributed by atoms with van der Waals surface area (Å²) in [5, 5.41) is 11.3. The fraction of sp³-hybridized carbons (Fsp3) is 0.727. The van der Waals surface area contributed by atoms with Crippen LogP contribution in [0.2, 0.25) is 0 Å². The van der Waals surface area contributed by atoms with Gasteiger partial charge in [0.05, 0.1) is 12.5 Å². The Bertz CT molecular complexity index is 344. The zero-order valence-electron chi connectivity index (χ0n) is 10.5. The van der Waals surface area contributed by atoms with E-state index in [-0.39, 0.29) is 13.2 Å². The van der Waals surface area contributed by atoms with Crippen LogP contribution < -0.4 is 5.32 Å². The van der Waals surface area contributed by atoms with Crippen LogP contribution in [0.4, 0.5) is 4.79 Å². The third-order valence-electron chi connectivity index (χ3n) is 2.80. The Morgan fingerprint density at radius 3 is 2.67 bits per heavy atom. The van der Waals surface area contributed by atoms with E-state index < -0.39 is 29.9 Å². The van der Waals surface area contributed by atoms with Gasteiger partial charge in [0.15, 0.2) is 0 Å². The van der Waals surface area contributed by atoms with Crippen molar-refractivity contribution in [2.24, 2.45) is 5.92 Å². The summed E-state index contributed by atoms with van der Waals surface area (Å²) in [6.45, 7) is 4.03. The van der Waals surface area contributed by atoms with Gasteiger partial charge in [0.25, 0.3) is 0 Å². The van der Waals surface area contributed by atoms with Gasteiger partial charge in [0, 0.05) is 13.1 Å². The molecule has 1 aliphatic rings. The molecule has 102 valence electrons. The molecule has 0 radical (unpaired) electrons. The van der Waals surface area contributed by atoms with Crippen LogP contribution in [0.1, 0.15) is 20.3 Å². The van der Waals surface area contributed by atoms with Gasteiger partial charge in [0.2, 0.25) is 0 Å². The van der Waals surface area contributed by atoms with Gasteiger partial charge in [-0.15, -0.1) is 0 Å². The Morgan fingerprint density at radius 2 is 2.17 bits per heavy atom. The van der Waals surface area contributed by atoms with E-state index in [1.54, 1.807) is 6.92 Å². The molecule has 0 saturated carbocycles. The quantitative estimate of drug-likeness (QED) is 0.695. The number of carboxylic acid groups (broad SMARTS) is 1. The highest BCUT2D eigenvalue weighted by Crippen LogP contribution is 2.16. The van der Waals surface area contributed by atoms with Crippen LogP contribution in [0.25, 0.3) is 0 Å². The van der Waals surface area contributed by atoms with Crippen molar-refractivity contribution in [2.75, 3.05) is 19.7 Å². The molecule has 0 spiro atoms. The number of hydrogen-bond acceptors (Lipinski definition) is 4. The van der Waals surface area contributed by atoms with E-state index in [1.165, 1.54) is 11.8 Å². The standard InChI is InChI=1S/C11H18N2O5/c1-3-18-10(16)7(2)12-11(17)13-5-4-8(6-13)9(14)15/h7-8H,3-6H2,1-2H3,(H,12,17)(H,14,15). The van der Waals surface area contributed by atoms with Gasteiger partial charge in [-0.25, -0.2) is 9.59 Å². The summed E-state index contributed by atoms with van der Waals surface area (Å²) < 4.78 is 4.76. The minimum absolute atomic E-state index is 0.177. The van der Waals surface area contributed by atoms with Crippen LogP contribution in [0.5, 0.6) is 0 Å². The number of hydrogen-bond donors (Lipinski definition) is 2. The van der Waals surface area contributed by atoms with E-state index in [4.69, 9.17) is 9.84 Å². The van der Waals surface area contributed by atoms with Crippen LogP contribution in [-0.4, -0.2) is 53.7 Å². The lowest BCUT2D eigenvalue weighted by atomic mass is 10.1. The summed E-state index contributed by atoms with van der Waals surface area (Å²) >= 11 is 0. The van der Waals surface area contributed by atoms with Crippen molar-refractivity contribution in [2.45, 2.75) is 26.3 Å². The summed E-state index contributed by atoms with van der Waals surface area (Å²) in [6, 6.07) is -1.17. The van der Waals surface area contributed by atoms with Gasteiger partial charge in [-0.2, -0.15) is 0 Å². The first-order valence-corrected chi connectivity index (χ1v) is 5.90. The molecule has 0 aromatic carbocycles. The molecule has 18 heavy (non-hydrogen) atoms. The number of carboxylic acids is 1. The predicted octanol–water partition coefficient (Wildman–Crippen LogP) is 0.0541. The number of rotatable bonds is 4. The summed E-state index contributed by atoms with van der Waals surface area (Å²) in [5.41, 5.74) is 0. The third-order valence-corrected chi connectivity index (χ3v) is 2.80. The van der Waals surface area contributed by atoms with Crippen molar-refractivity contribution in [1.29, 1.82) is 0 Å². The zero-order chi connectivity index (χ0) is 13.7. The van der Waals surface area contributed by atoms with Gasteiger partial charge < -0.3 is 20.1 Å². The molecule has 0 aromatic heterocycles. The maximum absolute atomic E-state index is 11.7. The molecule has 7 heteroatoms. The molecular weight excluding hydrogens is 240 g/mol. The molecule has 2 atom stereocenters. The van der Waals surface area contributed by atoms with Gasteiger partial charge in [-0.1, -0.05) is 0 Å². The molecule has 7 nitrogen and oxygen atoms in total. The molecule has 1 rings (SSSR count). The molecule has 1 saturated heterocycles. The Hall–Kier alpha value is -1.79. The second-order valence-corrected chi connectivity index (χ2v) is 4.19. The van der Waals surface area contributed by atoms with Crippen LogP contribution >= 0.6 is 0 Å². The largest absolute Gasteiger partial charge is 0.481 e. The monoisotopic (exact) mass is 258 g/mol. The number of nitrogens with one attached hydrogen (secondary N) is 1. The average Bonchev–Trinajstić information content (AvgIpc) is 2.78. The molecule has 0 bridgehead atoms. The highest BCUT2D eigenvalue weighted by molar-refractivity contribution is 5.84. The molecule has 2 unspecified atom stereocenters. The molecule has 2 N–H and O–H groups in total. The fourth-order valence-corrected chi connectivity index (χ4v) is 1.75. The lowest BCUT2D eigenvalue weighted by Gasteiger charge is -2.19. The maximum atomic E-state index is 11.7. The fourth-order valence-electron chi connectivity index (χ4n) is 1.75. The van der Waals surface area contributed by atoms with Crippen molar-refractivity contribution < 1.29 is 24.2 Å². The van der Waals surface area contributed by atoms with Crippen molar-refractivity contribution in [3.8, 4) is 0 Å². The van der Waals surface area contributed by atoms with Gasteiger partial charge in [0.1, 0.15) is 6.04 Å². The minimum Gasteiger partial charge on any atom is -0.481 e. The molecule has 2 amide bonds. The SMILES string of the molecule is CCOC(=O)C(C)NC(=O)N1CCC(C(=O)O)C1. The molecule has 0 aromatic rings. The lowest BCUT2D eigenvalue weighted by molar-refractivity contribution is -0.145. The van der Waals surface area contributed by atoms with Crippen LogP contribution in [0, 0.1) is 5.92 Å². The number of aliphatic carboxylic acids is 1. The number of carbonyl (C=O) groups excluding carboxylic acids is 2. The first-order chi connectivity index (χ1) is 8.45. The lowest BCUT2D eigenvalue weighted by Crippen LogP contribution is -2.46. The van der Waals surface area contributed by atoms with Crippen molar-refractivity contribution in [1.82, 2.24) is 10.2 Å². The number of esters is 1. The Kier molecular flexibility index (Phi) is 4.94. The number of nitrogens with zero attached hydrogens (tertiary/aromatic N) is 1. The average molecular weight is 258 g/mol. The third kappa shape index (κ3) is 3.61. The summed E-state index contributed by atoms with van der Waals surface area (Å²) in [7, 11) is 0. The summed E-state index contributed by atoms with van der Waals surface area (Å²) in [6.07, 6.45) is 0.441. The van der Waals surface area contributed by atoms with E-state index >= 15 is 0 Å². The maximum Gasteiger partial charge on any atom is 0.328 e. The van der Waals surface area contributed by atoms with E-state index in [9.17, 15) is 14.4 Å². The first-order valence-electron chi connectivity index (χ1n) is 5.90. The van der Waals surface area contributed by atoms with Crippen LogP contribution in [0.3, 0.4) is 0 Å². The number of urea groups is 1. The highest BCUT2D eigenvalue weighted by atomic mass is 16.5. The van der Waals surface area contributed by atoms with Gasteiger partial charge >= 0.3 is 18.0 Å². The molecule has 1 fully saturated rings. The van der Waals surface area contributed by atoms with E-state index in [0.29, 0.717) is 13.0 Å². The molecule has 1 aliphatic heterocycles. The smallest absolute Gasteiger partial charge is 0.328 e. The molecule has 0 aliphatic carbocycles. The Labute approximate surface area is 105 Å². The van der Waals surface area contributed by atoms with Crippen molar-refractivity contribution in [3.63, 3.8) is 0 Å². The first kappa shape index (κ1) is 14.3. The van der Waals surface area contributed by atoms with Crippen molar-refractivity contribution in [3.05, 3.63) is 0 Å². The van der Waals surface area contributed by atoms with Crippen LogP contribution in [0.15, 0.2) is 0 Å². The number of carbonyl (C=O) groups is 3. The normalized spacial score (nSPS) is 20.3. The Balaban J connectivity index is 2.42. The highest BCUT2D eigenvalue weighted by Gasteiger charge is 2.31. The van der Waals surface area contributed by atoms with Gasteiger partial charge in [-0.3, -0.25) is 4.79 Å². The minimum atomic E-state index is -0.899. The van der Waals surface area contributed by atoms with E-state index in [1.807, 2.05) is 0 Å². The Morgan fingerprint density at radius 1 is 1.50 bits per heavy atom. The van der Waals surface area contributed by atoms with Crippen molar-refractivity contribution >= 4 is 18.0 Å².